The topological polar surface area (TPSA) is 0 Å². The summed E-state index contributed by atoms with van der Waals surface area (Å²) in [7, 11) is 0. The lowest BCUT2D eigenvalue weighted by molar-refractivity contribution is 1.40. The molecule has 0 aliphatic rings. The van der Waals surface area contributed by atoms with Crippen molar-refractivity contribution < 1.29 is 0 Å². The van der Waals surface area contributed by atoms with Crippen LogP contribution in [0.1, 0.15) is 25.0 Å². The van der Waals surface area contributed by atoms with Crippen molar-refractivity contribution in [2.75, 3.05) is 0 Å². The average Bonchev–Trinajstić information content (AvgIpc) is 2.88. The smallest absolute Gasteiger partial charge is 0.0204 e. The summed E-state index contributed by atoms with van der Waals surface area (Å²) in [6, 6.07) is 35.4. The molecule has 0 unspecified atom stereocenters. The number of benzene rings is 6. The minimum atomic E-state index is 1.28. The Morgan fingerprint density at radius 2 is 0.794 bits per heavy atom. The highest BCUT2D eigenvalue weighted by atomic mass is 32.2. The largest absolute Gasteiger partial charge is 0.0894 e. The van der Waals surface area contributed by atoms with E-state index in [1.165, 1.54) is 63.0 Å². The Labute approximate surface area is 210 Å². The van der Waals surface area contributed by atoms with E-state index >= 15 is 0 Å². The van der Waals surface area contributed by atoms with Gasteiger partial charge in [0.15, 0.2) is 0 Å². The van der Waals surface area contributed by atoms with Gasteiger partial charge < -0.3 is 0 Å². The van der Waals surface area contributed by atoms with E-state index < -0.39 is 0 Å². The summed E-state index contributed by atoms with van der Waals surface area (Å²) in [6.07, 6.45) is 0. The Kier molecular flexibility index (Phi) is 6.54. The van der Waals surface area contributed by atoms with Crippen LogP contribution in [-0.4, -0.2) is 0 Å². The van der Waals surface area contributed by atoms with Crippen LogP contribution in [0.3, 0.4) is 0 Å². The fourth-order valence-corrected chi connectivity index (χ4v) is 6.79. The minimum absolute atomic E-state index is 1.28. The molecule has 0 spiro atoms. The Balaban J connectivity index is 0.00000117. The van der Waals surface area contributed by atoms with E-state index in [4.69, 9.17) is 0 Å². The van der Waals surface area contributed by atoms with Gasteiger partial charge >= 0.3 is 0 Å². The minimum Gasteiger partial charge on any atom is -0.0894 e. The third kappa shape index (κ3) is 4.06. The molecule has 0 nitrogen and oxygen atoms in total. The van der Waals surface area contributed by atoms with E-state index in [2.05, 4.69) is 111 Å². The number of aryl methyl sites for hydroxylation is 2. The lowest BCUT2D eigenvalue weighted by Crippen LogP contribution is -1.92. The molecule has 0 N–H and O–H groups in total. The molecule has 0 heterocycles. The first-order valence-corrected chi connectivity index (χ1v) is 13.5. The summed E-state index contributed by atoms with van der Waals surface area (Å²) >= 11 is 3.72. The summed E-state index contributed by atoms with van der Waals surface area (Å²) in [6.45, 7) is 8.49. The van der Waals surface area contributed by atoms with Crippen LogP contribution >= 0.6 is 23.5 Å². The highest BCUT2D eigenvalue weighted by molar-refractivity contribution is 7.99. The maximum atomic E-state index is 2.35. The molecule has 0 saturated heterocycles. The second kappa shape index (κ2) is 9.74. The van der Waals surface area contributed by atoms with Crippen molar-refractivity contribution in [2.45, 2.75) is 47.3 Å². The molecule has 0 amide bonds. The van der Waals surface area contributed by atoms with Gasteiger partial charge in [0, 0.05) is 19.6 Å². The zero-order valence-corrected chi connectivity index (χ0v) is 21.7. The van der Waals surface area contributed by atoms with Crippen molar-refractivity contribution in [3.05, 3.63) is 108 Å². The third-order valence-electron chi connectivity index (χ3n) is 6.18. The average molecular weight is 477 g/mol. The molecule has 0 aliphatic carbocycles. The maximum Gasteiger partial charge on any atom is 0.0204 e. The molecule has 6 aromatic rings. The van der Waals surface area contributed by atoms with E-state index in [0.29, 0.717) is 0 Å². The fourth-order valence-electron chi connectivity index (χ4n) is 4.67. The Morgan fingerprint density at radius 3 is 1.18 bits per heavy atom. The van der Waals surface area contributed by atoms with Gasteiger partial charge in [-0.3, -0.25) is 0 Å². The van der Waals surface area contributed by atoms with E-state index in [1.807, 2.05) is 37.4 Å². The quantitative estimate of drug-likeness (QED) is 0.232. The van der Waals surface area contributed by atoms with E-state index in [9.17, 15) is 0 Å². The van der Waals surface area contributed by atoms with Crippen molar-refractivity contribution >= 4 is 55.8 Å². The van der Waals surface area contributed by atoms with Crippen LogP contribution in [0.25, 0.3) is 32.3 Å². The van der Waals surface area contributed by atoms with Gasteiger partial charge in [-0.05, 0) is 93.7 Å². The van der Waals surface area contributed by atoms with Crippen LogP contribution in [0.15, 0.2) is 117 Å². The standard InChI is InChI=1S/C30H22S2.C2H6/c1-19-17-27(31-21-9-5-3-6-10-21)25-16-14-24-20(2)18-28(32-22-11-7-4-8-12-22)26-15-13-23(19)29(25)30(24)26;1-2/h3-18H,1-2H3;1-2H3. The summed E-state index contributed by atoms with van der Waals surface area (Å²) in [5.41, 5.74) is 2.67. The van der Waals surface area contributed by atoms with Gasteiger partial charge in [0.1, 0.15) is 0 Å². The highest BCUT2D eigenvalue weighted by Gasteiger charge is 2.17. The van der Waals surface area contributed by atoms with Gasteiger partial charge in [0.25, 0.3) is 0 Å². The van der Waals surface area contributed by atoms with Crippen molar-refractivity contribution in [2.24, 2.45) is 0 Å². The van der Waals surface area contributed by atoms with Gasteiger partial charge in [-0.1, -0.05) is 98.0 Å². The van der Waals surface area contributed by atoms with Gasteiger partial charge in [-0.25, -0.2) is 0 Å². The molecule has 0 aliphatic heterocycles. The first-order valence-electron chi connectivity index (χ1n) is 11.9. The monoisotopic (exact) mass is 476 g/mol. The summed E-state index contributed by atoms with van der Waals surface area (Å²) < 4.78 is 0. The molecule has 34 heavy (non-hydrogen) atoms. The lowest BCUT2D eigenvalue weighted by Gasteiger charge is -2.19. The van der Waals surface area contributed by atoms with Gasteiger partial charge in [0.2, 0.25) is 0 Å². The number of rotatable bonds is 4. The predicted octanol–water partition coefficient (Wildman–Crippen LogP) is 10.5. The molecule has 0 saturated carbocycles. The molecule has 0 fully saturated rings. The first-order chi connectivity index (χ1) is 16.7. The zero-order valence-electron chi connectivity index (χ0n) is 20.1. The van der Waals surface area contributed by atoms with Gasteiger partial charge in [0.05, 0.1) is 0 Å². The van der Waals surface area contributed by atoms with Crippen molar-refractivity contribution in [3.8, 4) is 0 Å². The summed E-state index contributed by atoms with van der Waals surface area (Å²) in [4.78, 5) is 5.21. The number of hydrogen-bond donors (Lipinski definition) is 0. The molecule has 0 bridgehead atoms. The molecule has 0 radical (unpaired) electrons. The maximum absolute atomic E-state index is 2.35. The Bertz CT molecular complexity index is 1450. The molecule has 168 valence electrons. The SMILES string of the molecule is CC.Cc1cc(Sc2ccccc2)c2ccc3c(C)cc(Sc4ccccc4)c4ccc1c2c34. The van der Waals surface area contributed by atoms with E-state index in [0.717, 1.165) is 0 Å². The molecule has 6 rings (SSSR count). The van der Waals surface area contributed by atoms with Crippen LogP contribution < -0.4 is 0 Å². The van der Waals surface area contributed by atoms with Crippen molar-refractivity contribution in [3.63, 3.8) is 0 Å². The van der Waals surface area contributed by atoms with Crippen LogP contribution in [0.4, 0.5) is 0 Å². The number of hydrogen-bond acceptors (Lipinski definition) is 2. The van der Waals surface area contributed by atoms with Crippen LogP contribution in [0, 0.1) is 13.8 Å². The van der Waals surface area contributed by atoms with Gasteiger partial charge in [-0.2, -0.15) is 0 Å². The molecular formula is C32H28S2. The fraction of sp³-hybridized carbons (Fsp3) is 0.125. The first kappa shape index (κ1) is 22.8. The molecule has 2 heteroatoms. The van der Waals surface area contributed by atoms with Gasteiger partial charge in [-0.15, -0.1) is 0 Å². The highest BCUT2D eigenvalue weighted by Crippen LogP contribution is 2.46. The predicted molar refractivity (Wildman–Crippen MR) is 152 cm³/mol. The van der Waals surface area contributed by atoms with E-state index in [1.54, 1.807) is 0 Å². The molecule has 0 atom stereocenters. The second-order valence-corrected chi connectivity index (χ2v) is 10.5. The third-order valence-corrected chi connectivity index (χ3v) is 8.31. The Hall–Kier alpha value is -2.94. The second-order valence-electron chi connectivity index (χ2n) is 8.28. The normalized spacial score (nSPS) is 11.2. The van der Waals surface area contributed by atoms with Crippen molar-refractivity contribution in [1.82, 2.24) is 0 Å². The lowest BCUT2D eigenvalue weighted by atomic mass is 9.90. The summed E-state index contributed by atoms with van der Waals surface area (Å²) in [5, 5.41) is 8.21. The van der Waals surface area contributed by atoms with Crippen LogP contribution in [-0.2, 0) is 0 Å². The molecule has 6 aromatic carbocycles. The zero-order chi connectivity index (χ0) is 23.7. The summed E-state index contributed by atoms with van der Waals surface area (Å²) in [5.74, 6) is 0. The molecular weight excluding hydrogens is 448 g/mol. The van der Waals surface area contributed by atoms with Crippen LogP contribution in [0.2, 0.25) is 0 Å². The molecule has 0 aromatic heterocycles. The van der Waals surface area contributed by atoms with E-state index in [-0.39, 0.29) is 0 Å². The van der Waals surface area contributed by atoms with Crippen molar-refractivity contribution in [1.29, 1.82) is 0 Å². The Morgan fingerprint density at radius 1 is 0.441 bits per heavy atom. The van der Waals surface area contributed by atoms with Crippen LogP contribution in [0.5, 0.6) is 0 Å².